The molecular formula is C23H24N6O6. The van der Waals surface area contributed by atoms with Crippen LogP contribution < -0.4 is 10.6 Å². The van der Waals surface area contributed by atoms with Gasteiger partial charge in [-0.25, -0.2) is 14.6 Å². The van der Waals surface area contributed by atoms with Crippen molar-refractivity contribution in [3.8, 4) is 17.2 Å². The maximum Gasteiger partial charge on any atom is 0.432 e. The third-order valence-corrected chi connectivity index (χ3v) is 5.27. The van der Waals surface area contributed by atoms with Gasteiger partial charge in [-0.2, -0.15) is 15.0 Å². The first-order valence-electron chi connectivity index (χ1n) is 10.9. The molecule has 1 atom stereocenters. The lowest BCUT2D eigenvalue weighted by Crippen LogP contribution is -2.52. The average Bonchev–Trinajstić information content (AvgIpc) is 3.18. The second kappa shape index (κ2) is 8.75. The molecule has 12 nitrogen and oxygen atoms in total. The molecule has 0 aliphatic heterocycles. The number of carbonyl (C=O) groups is 3. The third kappa shape index (κ3) is 5.40. The van der Waals surface area contributed by atoms with Gasteiger partial charge in [-0.05, 0) is 39.7 Å². The van der Waals surface area contributed by atoms with E-state index in [-0.39, 0.29) is 12.3 Å². The van der Waals surface area contributed by atoms with Crippen LogP contribution in [0.3, 0.4) is 0 Å². The lowest BCUT2D eigenvalue weighted by molar-refractivity contribution is -0.123. The molecule has 3 N–H and O–H groups in total. The van der Waals surface area contributed by atoms with Gasteiger partial charge in [-0.1, -0.05) is 12.1 Å². The molecule has 12 heteroatoms. The zero-order valence-electron chi connectivity index (χ0n) is 19.4. The Hall–Kier alpha value is -4.40. The SMILES string of the molecule is CC(C)(C)OC(=O)N[C@@H](Cc1nc2c(-c3cnn(C(=O)O)c3)cccc2o1)C(=O)NC1(C#N)CC1. The maximum atomic E-state index is 13.0. The van der Waals surface area contributed by atoms with Crippen LogP contribution in [0.25, 0.3) is 22.2 Å². The number of nitrogens with one attached hydrogen (secondary N) is 2. The highest BCUT2D eigenvalue weighted by molar-refractivity contribution is 5.91. The molecule has 182 valence electrons. The number of nitriles is 1. The summed E-state index contributed by atoms with van der Waals surface area (Å²) in [4.78, 5) is 41.0. The fourth-order valence-corrected chi connectivity index (χ4v) is 3.43. The fourth-order valence-electron chi connectivity index (χ4n) is 3.43. The van der Waals surface area contributed by atoms with Crippen molar-refractivity contribution >= 4 is 29.2 Å². The van der Waals surface area contributed by atoms with Crippen LogP contribution in [0, 0.1) is 11.3 Å². The highest BCUT2D eigenvalue weighted by Gasteiger charge is 2.46. The minimum atomic E-state index is -1.22. The number of alkyl carbamates (subject to hydrolysis) is 1. The monoisotopic (exact) mass is 480 g/mol. The lowest BCUT2D eigenvalue weighted by Gasteiger charge is -2.23. The van der Waals surface area contributed by atoms with Gasteiger partial charge in [0.2, 0.25) is 5.91 Å². The van der Waals surface area contributed by atoms with Crippen molar-refractivity contribution in [1.29, 1.82) is 5.26 Å². The second-order valence-electron chi connectivity index (χ2n) is 9.30. The summed E-state index contributed by atoms with van der Waals surface area (Å²) in [7, 11) is 0. The number of ether oxygens (including phenoxy) is 1. The number of para-hydroxylation sites is 1. The number of carbonyl (C=O) groups excluding carboxylic acids is 2. The van der Waals surface area contributed by atoms with Crippen LogP contribution in [0.4, 0.5) is 9.59 Å². The fraction of sp³-hybridized carbons (Fsp3) is 0.391. The molecule has 2 aromatic heterocycles. The number of hydrogen-bond acceptors (Lipinski definition) is 8. The number of hydrogen-bond donors (Lipinski definition) is 3. The Kier molecular flexibility index (Phi) is 5.94. The first kappa shape index (κ1) is 23.7. The predicted octanol–water partition coefficient (Wildman–Crippen LogP) is 2.83. The Balaban J connectivity index is 1.61. The Morgan fingerprint density at radius 1 is 1.34 bits per heavy atom. The highest BCUT2D eigenvalue weighted by Crippen LogP contribution is 2.34. The van der Waals surface area contributed by atoms with Gasteiger partial charge in [0.05, 0.1) is 18.7 Å². The first-order valence-corrected chi connectivity index (χ1v) is 10.9. The molecule has 2 amide bonds. The van der Waals surface area contributed by atoms with Gasteiger partial charge in [0, 0.05) is 17.3 Å². The summed E-state index contributed by atoms with van der Waals surface area (Å²) in [6, 6.07) is 6.12. The molecule has 0 radical (unpaired) electrons. The number of amides is 2. The van der Waals surface area contributed by atoms with Gasteiger partial charge >= 0.3 is 12.2 Å². The van der Waals surface area contributed by atoms with Crippen LogP contribution in [0.2, 0.25) is 0 Å². The Labute approximate surface area is 199 Å². The van der Waals surface area contributed by atoms with Crippen molar-refractivity contribution in [2.24, 2.45) is 0 Å². The molecular weight excluding hydrogens is 456 g/mol. The molecule has 35 heavy (non-hydrogen) atoms. The molecule has 0 bridgehead atoms. The molecule has 1 saturated carbocycles. The summed E-state index contributed by atoms with van der Waals surface area (Å²) in [5, 5.41) is 27.5. The zero-order chi connectivity index (χ0) is 25.4. The molecule has 0 unspecified atom stereocenters. The van der Waals surface area contributed by atoms with Gasteiger partial charge < -0.3 is 24.9 Å². The van der Waals surface area contributed by atoms with E-state index >= 15 is 0 Å². The van der Waals surface area contributed by atoms with E-state index < -0.39 is 35.3 Å². The summed E-state index contributed by atoms with van der Waals surface area (Å²) >= 11 is 0. The smallest absolute Gasteiger partial charge is 0.432 e. The summed E-state index contributed by atoms with van der Waals surface area (Å²) < 4.78 is 11.9. The number of aromatic nitrogens is 3. The van der Waals surface area contributed by atoms with Gasteiger partial charge in [-0.3, -0.25) is 4.79 Å². The zero-order valence-corrected chi connectivity index (χ0v) is 19.4. The number of rotatable bonds is 6. The van der Waals surface area contributed by atoms with Gasteiger partial charge in [0.25, 0.3) is 0 Å². The Morgan fingerprint density at radius 3 is 2.69 bits per heavy atom. The number of oxazole rings is 1. The Bertz CT molecular complexity index is 1340. The normalized spacial score (nSPS) is 15.1. The van der Waals surface area contributed by atoms with Crippen LogP contribution in [0.15, 0.2) is 35.0 Å². The van der Waals surface area contributed by atoms with E-state index in [0.717, 1.165) is 4.68 Å². The molecule has 0 spiro atoms. The molecule has 3 aromatic rings. The van der Waals surface area contributed by atoms with E-state index in [1.165, 1.54) is 12.4 Å². The molecule has 2 heterocycles. The Morgan fingerprint density at radius 2 is 2.09 bits per heavy atom. The standard InChI is InChI=1S/C23H24N6O6/c1-22(2,3)35-20(31)26-15(19(30)28-23(12-24)7-8-23)9-17-27-18-14(5-4-6-16(18)34-17)13-10-25-29(11-13)21(32)33/h4-6,10-11,15H,7-9H2,1-3H3,(H,26,31)(H,28,30)(H,32,33)/t15-/m0/s1. The molecule has 1 aliphatic carbocycles. The van der Waals surface area contributed by atoms with E-state index in [1.54, 1.807) is 39.0 Å². The number of fused-ring (bicyclic) bond motifs is 1. The van der Waals surface area contributed by atoms with Gasteiger partial charge in [-0.15, -0.1) is 0 Å². The number of nitrogens with zero attached hydrogens (tertiary/aromatic N) is 4. The molecule has 0 saturated heterocycles. The van der Waals surface area contributed by atoms with Crippen LogP contribution in [-0.4, -0.2) is 55.1 Å². The number of benzene rings is 1. The second-order valence-corrected chi connectivity index (χ2v) is 9.30. The number of carboxylic acid groups (broad SMARTS) is 1. The van der Waals surface area contributed by atoms with E-state index in [4.69, 9.17) is 14.3 Å². The van der Waals surface area contributed by atoms with E-state index in [2.05, 4.69) is 26.8 Å². The van der Waals surface area contributed by atoms with Gasteiger partial charge in [0.15, 0.2) is 11.5 Å². The summed E-state index contributed by atoms with van der Waals surface area (Å²) in [5.41, 5.74) is 0.259. The molecule has 1 aromatic carbocycles. The van der Waals surface area contributed by atoms with Crippen molar-refractivity contribution in [2.45, 2.75) is 57.2 Å². The average molecular weight is 480 g/mol. The predicted molar refractivity (Wildman–Crippen MR) is 121 cm³/mol. The highest BCUT2D eigenvalue weighted by atomic mass is 16.6. The summed E-state index contributed by atoms with van der Waals surface area (Å²) in [5.74, 6) is -0.392. The lowest BCUT2D eigenvalue weighted by atomic mass is 10.1. The van der Waals surface area contributed by atoms with E-state index in [9.17, 15) is 19.6 Å². The van der Waals surface area contributed by atoms with Crippen molar-refractivity contribution in [3.63, 3.8) is 0 Å². The van der Waals surface area contributed by atoms with Crippen molar-refractivity contribution < 1.29 is 28.6 Å². The summed E-state index contributed by atoms with van der Waals surface area (Å²) in [6.07, 6.45) is 1.69. The minimum Gasteiger partial charge on any atom is -0.463 e. The largest absolute Gasteiger partial charge is 0.463 e. The van der Waals surface area contributed by atoms with Crippen LogP contribution >= 0.6 is 0 Å². The minimum absolute atomic E-state index is 0.102. The van der Waals surface area contributed by atoms with E-state index in [1.807, 2.05) is 0 Å². The van der Waals surface area contributed by atoms with Gasteiger partial charge in [0.1, 0.15) is 22.7 Å². The summed E-state index contributed by atoms with van der Waals surface area (Å²) in [6.45, 7) is 5.10. The molecule has 4 rings (SSSR count). The molecule has 1 aliphatic rings. The third-order valence-electron chi connectivity index (χ3n) is 5.27. The van der Waals surface area contributed by atoms with Crippen LogP contribution in [0.1, 0.15) is 39.5 Å². The van der Waals surface area contributed by atoms with E-state index in [0.29, 0.717) is 35.1 Å². The maximum absolute atomic E-state index is 13.0. The topological polar surface area (TPSA) is 172 Å². The molecule has 1 fully saturated rings. The quantitative estimate of drug-likeness (QED) is 0.479. The van der Waals surface area contributed by atoms with Crippen LogP contribution in [0.5, 0.6) is 0 Å². The van der Waals surface area contributed by atoms with Crippen LogP contribution in [-0.2, 0) is 16.0 Å². The first-order chi connectivity index (χ1) is 16.5. The van der Waals surface area contributed by atoms with Crippen molar-refractivity contribution in [1.82, 2.24) is 25.4 Å². The van der Waals surface area contributed by atoms with Crippen molar-refractivity contribution in [3.05, 3.63) is 36.5 Å². The van der Waals surface area contributed by atoms with Crippen molar-refractivity contribution in [2.75, 3.05) is 0 Å².